The Balaban J connectivity index is 3.30. The van der Waals surface area contributed by atoms with Crippen LogP contribution in [0.25, 0.3) is 0 Å². The monoisotopic (exact) mass is 378 g/mol. The van der Waals surface area contributed by atoms with E-state index in [0.29, 0.717) is 11.7 Å². The Kier molecular flexibility index (Phi) is 17.3. The Morgan fingerprint density at radius 2 is 1.52 bits per heavy atom. The van der Waals surface area contributed by atoms with Crippen LogP contribution in [0.1, 0.15) is 90.9 Å². The summed E-state index contributed by atoms with van der Waals surface area (Å²) < 4.78 is 0.971. The first kappa shape index (κ1) is 23.3. The van der Waals surface area contributed by atoms with Gasteiger partial charge in [0.05, 0.1) is 0 Å². The second-order valence-corrected chi connectivity index (χ2v) is 9.88. The quantitative estimate of drug-likeness (QED) is 0.247. The summed E-state index contributed by atoms with van der Waals surface area (Å²) in [6.45, 7) is 4.32. The number of aliphatic carboxylic acids is 1. The van der Waals surface area contributed by atoms with Crippen LogP contribution < -0.4 is 0 Å². The molecule has 0 saturated heterocycles. The highest BCUT2D eigenvalue weighted by atomic mass is 32.2. The maximum Gasteiger partial charge on any atom is 0.303 e. The van der Waals surface area contributed by atoms with Gasteiger partial charge < -0.3 is 5.11 Å². The van der Waals surface area contributed by atoms with Crippen molar-refractivity contribution >= 4 is 45.2 Å². The molecule has 0 aromatic heterocycles. The van der Waals surface area contributed by atoms with Crippen LogP contribution in [0.15, 0.2) is 0 Å². The molecule has 23 heavy (non-hydrogen) atoms. The fourth-order valence-electron chi connectivity index (χ4n) is 2.33. The van der Waals surface area contributed by atoms with Gasteiger partial charge in [-0.05, 0) is 18.6 Å². The minimum Gasteiger partial charge on any atom is -0.481 e. The van der Waals surface area contributed by atoms with Gasteiger partial charge in [0.25, 0.3) is 0 Å². The van der Waals surface area contributed by atoms with E-state index in [2.05, 4.69) is 13.8 Å². The van der Waals surface area contributed by atoms with Crippen LogP contribution in [0.5, 0.6) is 0 Å². The van der Waals surface area contributed by atoms with E-state index in [1.165, 1.54) is 64.2 Å². The molecule has 1 N–H and O–H groups in total. The molecule has 0 rings (SSSR count). The SMILES string of the molecule is CCCCCCCCCCCCSC(=S)SC(C)CCC(=O)O. The van der Waals surface area contributed by atoms with Gasteiger partial charge in [-0.15, -0.1) is 23.5 Å². The molecule has 0 aromatic carbocycles. The lowest BCUT2D eigenvalue weighted by Crippen LogP contribution is -2.04. The van der Waals surface area contributed by atoms with Crippen molar-refractivity contribution in [2.24, 2.45) is 0 Å². The lowest BCUT2D eigenvalue weighted by atomic mass is 10.1. The maximum atomic E-state index is 10.5. The Hall–Kier alpha value is 0.260. The predicted molar refractivity (Wildman–Crippen MR) is 111 cm³/mol. The van der Waals surface area contributed by atoms with Crippen molar-refractivity contribution in [2.45, 2.75) is 96.1 Å². The minimum absolute atomic E-state index is 0.236. The van der Waals surface area contributed by atoms with E-state index in [9.17, 15) is 4.79 Å². The van der Waals surface area contributed by atoms with Crippen LogP contribution >= 0.6 is 35.7 Å². The fraction of sp³-hybridized carbons (Fsp3) is 0.889. The zero-order valence-electron chi connectivity index (χ0n) is 14.8. The number of thiocarbonyl (C=S) groups is 1. The van der Waals surface area contributed by atoms with E-state index in [0.717, 1.165) is 9.28 Å². The van der Waals surface area contributed by atoms with Gasteiger partial charge in [0.15, 0.2) is 0 Å². The average Bonchev–Trinajstić information content (AvgIpc) is 2.50. The summed E-state index contributed by atoms with van der Waals surface area (Å²) in [7, 11) is 0. The third-order valence-corrected chi connectivity index (χ3v) is 6.62. The Morgan fingerprint density at radius 3 is 2.04 bits per heavy atom. The van der Waals surface area contributed by atoms with E-state index in [1.54, 1.807) is 23.5 Å². The van der Waals surface area contributed by atoms with E-state index in [4.69, 9.17) is 17.3 Å². The molecule has 2 nitrogen and oxygen atoms in total. The molecule has 0 amide bonds. The molecule has 0 aromatic rings. The van der Waals surface area contributed by atoms with Gasteiger partial charge in [0.2, 0.25) is 0 Å². The first-order chi connectivity index (χ1) is 11.1. The zero-order chi connectivity index (χ0) is 17.3. The van der Waals surface area contributed by atoms with Gasteiger partial charge >= 0.3 is 5.97 Å². The van der Waals surface area contributed by atoms with Crippen molar-refractivity contribution in [2.75, 3.05) is 5.75 Å². The molecule has 0 saturated carbocycles. The number of carboxylic acids is 1. The summed E-state index contributed by atoms with van der Waals surface area (Å²) in [5.74, 6) is 0.384. The molecule has 0 aliphatic carbocycles. The van der Waals surface area contributed by atoms with Gasteiger partial charge in [-0.2, -0.15) is 0 Å². The molecule has 0 bridgehead atoms. The van der Waals surface area contributed by atoms with Gasteiger partial charge in [-0.1, -0.05) is 83.9 Å². The van der Waals surface area contributed by atoms with E-state index < -0.39 is 5.97 Å². The average molecular weight is 379 g/mol. The Labute approximate surface area is 157 Å². The number of hydrogen-bond donors (Lipinski definition) is 1. The van der Waals surface area contributed by atoms with E-state index >= 15 is 0 Å². The first-order valence-corrected chi connectivity index (χ1v) is 11.4. The van der Waals surface area contributed by atoms with Gasteiger partial charge in [0, 0.05) is 11.7 Å². The van der Waals surface area contributed by atoms with E-state index in [-0.39, 0.29) is 6.42 Å². The highest BCUT2D eigenvalue weighted by Crippen LogP contribution is 2.25. The molecule has 0 spiro atoms. The van der Waals surface area contributed by atoms with Crippen molar-refractivity contribution in [1.29, 1.82) is 0 Å². The molecule has 1 unspecified atom stereocenters. The topological polar surface area (TPSA) is 37.3 Å². The standard InChI is InChI=1S/C18H34O2S3/c1-3-4-5-6-7-8-9-10-11-12-15-22-18(21)23-16(2)13-14-17(19)20/h16H,3-15H2,1-2H3,(H,19,20). The molecular weight excluding hydrogens is 344 g/mol. The summed E-state index contributed by atoms with van der Waals surface area (Å²) in [4.78, 5) is 10.5. The normalized spacial score (nSPS) is 12.3. The lowest BCUT2D eigenvalue weighted by Gasteiger charge is -2.10. The molecular formula is C18H34O2S3. The largest absolute Gasteiger partial charge is 0.481 e. The van der Waals surface area contributed by atoms with Crippen LogP contribution in [0.2, 0.25) is 0 Å². The third-order valence-electron chi connectivity index (χ3n) is 3.78. The Bertz CT molecular complexity index is 309. The number of unbranched alkanes of at least 4 members (excludes halogenated alkanes) is 9. The van der Waals surface area contributed by atoms with Gasteiger partial charge in [-0.3, -0.25) is 4.79 Å². The van der Waals surface area contributed by atoms with Crippen LogP contribution in [0.4, 0.5) is 0 Å². The van der Waals surface area contributed by atoms with Crippen molar-refractivity contribution in [3.05, 3.63) is 0 Å². The number of rotatable bonds is 15. The zero-order valence-corrected chi connectivity index (χ0v) is 17.3. The van der Waals surface area contributed by atoms with Crippen molar-refractivity contribution < 1.29 is 9.90 Å². The highest BCUT2D eigenvalue weighted by molar-refractivity contribution is 8.47. The summed E-state index contributed by atoms with van der Waals surface area (Å²) in [6.07, 6.45) is 14.6. The second kappa shape index (κ2) is 17.1. The third kappa shape index (κ3) is 18.4. The maximum absolute atomic E-state index is 10.5. The molecule has 5 heteroatoms. The van der Waals surface area contributed by atoms with Crippen LogP contribution in [-0.4, -0.2) is 25.6 Å². The van der Waals surface area contributed by atoms with E-state index in [1.807, 2.05) is 0 Å². The molecule has 136 valence electrons. The van der Waals surface area contributed by atoms with Crippen molar-refractivity contribution in [3.63, 3.8) is 0 Å². The number of thioether (sulfide) groups is 2. The smallest absolute Gasteiger partial charge is 0.303 e. The predicted octanol–water partition coefficient (Wildman–Crippen LogP) is 6.91. The van der Waals surface area contributed by atoms with Gasteiger partial charge in [-0.25, -0.2) is 0 Å². The van der Waals surface area contributed by atoms with Gasteiger partial charge in [0.1, 0.15) is 3.53 Å². The van der Waals surface area contributed by atoms with Crippen molar-refractivity contribution in [3.8, 4) is 0 Å². The summed E-state index contributed by atoms with van der Waals surface area (Å²) in [6, 6.07) is 0. The summed E-state index contributed by atoms with van der Waals surface area (Å²) in [5, 5.41) is 8.97. The molecule has 0 fully saturated rings. The highest BCUT2D eigenvalue weighted by Gasteiger charge is 2.09. The van der Waals surface area contributed by atoms with Crippen LogP contribution in [0, 0.1) is 0 Å². The fourth-order valence-corrected chi connectivity index (χ4v) is 5.17. The summed E-state index contributed by atoms with van der Waals surface area (Å²) in [5.41, 5.74) is 0. The molecule has 1 atom stereocenters. The summed E-state index contributed by atoms with van der Waals surface area (Å²) >= 11 is 8.78. The lowest BCUT2D eigenvalue weighted by molar-refractivity contribution is -0.137. The van der Waals surface area contributed by atoms with Crippen molar-refractivity contribution in [1.82, 2.24) is 0 Å². The second-order valence-electron chi connectivity index (χ2n) is 6.14. The molecule has 0 aliphatic heterocycles. The molecule has 0 heterocycles. The first-order valence-electron chi connectivity index (χ1n) is 9.11. The number of hydrogen-bond acceptors (Lipinski definition) is 4. The molecule has 0 aliphatic rings. The van der Waals surface area contributed by atoms with Crippen LogP contribution in [0.3, 0.4) is 0 Å². The van der Waals surface area contributed by atoms with Crippen LogP contribution in [-0.2, 0) is 4.79 Å². The number of carbonyl (C=O) groups is 1. The molecule has 0 radical (unpaired) electrons. The Morgan fingerprint density at radius 1 is 1.00 bits per heavy atom. The minimum atomic E-state index is -0.721. The number of carboxylic acid groups (broad SMARTS) is 1.